The van der Waals surface area contributed by atoms with Crippen LogP contribution in [0.4, 0.5) is 5.69 Å². The lowest BCUT2D eigenvalue weighted by molar-refractivity contribution is -0.140. The number of halogens is 1. The minimum atomic E-state index is -3.61. The van der Waals surface area contributed by atoms with Gasteiger partial charge in [0.25, 0.3) is 0 Å². The van der Waals surface area contributed by atoms with E-state index >= 15 is 0 Å². The molecule has 8 nitrogen and oxygen atoms in total. The average Bonchev–Trinajstić information content (AvgIpc) is 2.80. The van der Waals surface area contributed by atoms with E-state index in [0.29, 0.717) is 18.0 Å². The summed E-state index contributed by atoms with van der Waals surface area (Å²) in [4.78, 5) is 27.6. The van der Waals surface area contributed by atoms with Crippen molar-refractivity contribution in [2.75, 3.05) is 23.7 Å². The van der Waals surface area contributed by atoms with Crippen LogP contribution in [-0.2, 0) is 26.2 Å². The summed E-state index contributed by atoms with van der Waals surface area (Å²) in [5, 5.41) is 2.86. The number of nitrogens with zero attached hydrogens (tertiary/aromatic N) is 2. The first-order chi connectivity index (χ1) is 16.9. The first-order valence-corrected chi connectivity index (χ1v) is 14.6. The standard InChI is InChI=1S/C26H36BrN3O5S/c1-6-35-24-11-8-7-10-23(24)30(36(5,33)34)17-9-12-25(31)29(20(4)26(32)28-19(2)3)18-21-13-15-22(27)16-14-21/h7-8,10-11,13-16,19-20H,6,9,12,17-18H2,1-5H3,(H,28,32)/t20-/m0/s1. The molecule has 36 heavy (non-hydrogen) atoms. The number of carbonyl (C=O) groups is 2. The van der Waals surface area contributed by atoms with E-state index in [9.17, 15) is 18.0 Å². The molecule has 2 aromatic rings. The lowest BCUT2D eigenvalue weighted by Crippen LogP contribution is -2.49. The SMILES string of the molecule is CCOc1ccccc1N(CCCC(=O)N(Cc1ccc(Br)cc1)[C@@H](C)C(=O)NC(C)C)S(C)(=O)=O. The molecular formula is C26H36BrN3O5S. The third kappa shape index (κ3) is 8.81. The topological polar surface area (TPSA) is 96.0 Å². The predicted molar refractivity (Wildman–Crippen MR) is 146 cm³/mol. The van der Waals surface area contributed by atoms with E-state index in [4.69, 9.17) is 4.74 Å². The number of para-hydroxylation sites is 2. The Morgan fingerprint density at radius 2 is 1.69 bits per heavy atom. The van der Waals surface area contributed by atoms with Gasteiger partial charge in [0.05, 0.1) is 18.6 Å². The van der Waals surface area contributed by atoms with Gasteiger partial charge in [0, 0.05) is 30.0 Å². The summed E-state index contributed by atoms with van der Waals surface area (Å²) in [5.41, 5.74) is 1.32. The fourth-order valence-electron chi connectivity index (χ4n) is 3.70. The van der Waals surface area contributed by atoms with Gasteiger partial charge in [-0.05, 0) is 63.9 Å². The molecule has 0 aliphatic heterocycles. The van der Waals surface area contributed by atoms with E-state index in [1.807, 2.05) is 45.0 Å². The maximum Gasteiger partial charge on any atom is 0.242 e. The number of rotatable bonds is 13. The van der Waals surface area contributed by atoms with Gasteiger partial charge in [0.2, 0.25) is 21.8 Å². The molecule has 2 aromatic carbocycles. The van der Waals surface area contributed by atoms with Crippen LogP contribution >= 0.6 is 15.9 Å². The molecule has 2 rings (SSSR count). The van der Waals surface area contributed by atoms with Crippen molar-refractivity contribution in [1.82, 2.24) is 10.2 Å². The summed E-state index contributed by atoms with van der Waals surface area (Å²) in [6.07, 6.45) is 1.50. The lowest BCUT2D eigenvalue weighted by Gasteiger charge is -2.30. The van der Waals surface area contributed by atoms with Gasteiger partial charge >= 0.3 is 0 Å². The Bertz CT molecular complexity index is 1120. The van der Waals surface area contributed by atoms with Crippen LogP contribution in [0.5, 0.6) is 5.75 Å². The third-order valence-electron chi connectivity index (χ3n) is 5.45. The molecule has 10 heteroatoms. The lowest BCUT2D eigenvalue weighted by atomic mass is 10.1. The first-order valence-electron chi connectivity index (χ1n) is 12.0. The van der Waals surface area contributed by atoms with Gasteiger partial charge in [0.1, 0.15) is 11.8 Å². The molecule has 1 atom stereocenters. The zero-order chi connectivity index (χ0) is 26.9. The highest BCUT2D eigenvalue weighted by Gasteiger charge is 2.27. The number of hydrogen-bond donors (Lipinski definition) is 1. The second-order valence-corrected chi connectivity index (χ2v) is 11.6. The van der Waals surface area contributed by atoms with Gasteiger partial charge in [-0.2, -0.15) is 0 Å². The van der Waals surface area contributed by atoms with Crippen molar-refractivity contribution in [2.45, 2.75) is 59.2 Å². The van der Waals surface area contributed by atoms with Gasteiger partial charge < -0.3 is 15.0 Å². The fraction of sp³-hybridized carbons (Fsp3) is 0.462. The number of hydrogen-bond acceptors (Lipinski definition) is 5. The summed E-state index contributed by atoms with van der Waals surface area (Å²) >= 11 is 3.41. The second-order valence-electron chi connectivity index (χ2n) is 8.83. The molecule has 2 amide bonds. The van der Waals surface area contributed by atoms with Gasteiger partial charge in [-0.3, -0.25) is 13.9 Å². The van der Waals surface area contributed by atoms with Gasteiger partial charge in [-0.15, -0.1) is 0 Å². The maximum atomic E-state index is 13.3. The van der Waals surface area contributed by atoms with E-state index in [-0.39, 0.29) is 43.8 Å². The number of carbonyl (C=O) groups excluding carboxylic acids is 2. The molecule has 0 saturated heterocycles. The maximum absolute atomic E-state index is 13.3. The summed E-state index contributed by atoms with van der Waals surface area (Å²) in [6.45, 7) is 8.03. The Balaban J connectivity index is 2.20. The minimum absolute atomic E-state index is 0.0571. The molecular weight excluding hydrogens is 546 g/mol. The smallest absolute Gasteiger partial charge is 0.242 e. The van der Waals surface area contributed by atoms with Crippen LogP contribution < -0.4 is 14.4 Å². The molecule has 0 radical (unpaired) electrons. The molecule has 0 aliphatic carbocycles. The number of nitrogens with one attached hydrogen (secondary N) is 1. The Kier molecular flexibility index (Phi) is 11.2. The van der Waals surface area contributed by atoms with E-state index < -0.39 is 16.1 Å². The van der Waals surface area contributed by atoms with Gasteiger partial charge in [0.15, 0.2) is 0 Å². The Hall–Kier alpha value is -2.59. The van der Waals surface area contributed by atoms with Gasteiger partial charge in [-0.1, -0.05) is 40.2 Å². The fourth-order valence-corrected chi connectivity index (χ4v) is 4.93. The normalized spacial score (nSPS) is 12.2. The number of amides is 2. The van der Waals surface area contributed by atoms with E-state index in [1.165, 1.54) is 4.31 Å². The van der Waals surface area contributed by atoms with Crippen molar-refractivity contribution in [1.29, 1.82) is 0 Å². The first kappa shape index (κ1) is 29.6. The molecule has 0 spiro atoms. The Labute approximate surface area is 223 Å². The highest BCUT2D eigenvalue weighted by atomic mass is 79.9. The minimum Gasteiger partial charge on any atom is -0.492 e. The molecule has 0 unspecified atom stereocenters. The van der Waals surface area contributed by atoms with Crippen LogP contribution in [0.3, 0.4) is 0 Å². The molecule has 0 heterocycles. The van der Waals surface area contributed by atoms with Crippen molar-refractivity contribution >= 4 is 43.5 Å². The van der Waals surface area contributed by atoms with Crippen molar-refractivity contribution < 1.29 is 22.7 Å². The third-order valence-corrected chi connectivity index (χ3v) is 7.16. The van der Waals surface area contributed by atoms with Crippen molar-refractivity contribution in [3.05, 3.63) is 58.6 Å². The summed E-state index contributed by atoms with van der Waals surface area (Å²) in [7, 11) is -3.61. The number of sulfonamides is 1. The van der Waals surface area contributed by atoms with Crippen molar-refractivity contribution in [3.8, 4) is 5.75 Å². The van der Waals surface area contributed by atoms with Gasteiger partial charge in [-0.25, -0.2) is 8.42 Å². The number of benzene rings is 2. The average molecular weight is 583 g/mol. The Morgan fingerprint density at radius 3 is 2.28 bits per heavy atom. The van der Waals surface area contributed by atoms with Crippen molar-refractivity contribution in [3.63, 3.8) is 0 Å². The van der Waals surface area contributed by atoms with Crippen LogP contribution in [-0.4, -0.2) is 56.6 Å². The predicted octanol–water partition coefficient (Wildman–Crippen LogP) is 4.34. The molecule has 0 fully saturated rings. The highest BCUT2D eigenvalue weighted by molar-refractivity contribution is 9.10. The zero-order valence-electron chi connectivity index (χ0n) is 21.5. The number of ether oxygens (including phenoxy) is 1. The van der Waals surface area contributed by atoms with Crippen LogP contribution in [0.1, 0.15) is 46.1 Å². The Morgan fingerprint density at radius 1 is 1.06 bits per heavy atom. The molecule has 0 aliphatic rings. The highest BCUT2D eigenvalue weighted by Crippen LogP contribution is 2.30. The quantitative estimate of drug-likeness (QED) is 0.379. The molecule has 0 bridgehead atoms. The molecule has 0 saturated carbocycles. The second kappa shape index (κ2) is 13.6. The molecule has 0 aromatic heterocycles. The summed E-state index contributed by atoms with van der Waals surface area (Å²) in [6, 6.07) is 13.8. The molecule has 1 N–H and O–H groups in total. The van der Waals surface area contributed by atoms with Crippen LogP contribution in [0.15, 0.2) is 53.0 Å². The van der Waals surface area contributed by atoms with Crippen LogP contribution in [0.25, 0.3) is 0 Å². The number of anilines is 1. The molecule has 198 valence electrons. The van der Waals surface area contributed by atoms with E-state index in [2.05, 4.69) is 21.2 Å². The largest absolute Gasteiger partial charge is 0.492 e. The van der Waals surface area contributed by atoms with Crippen LogP contribution in [0.2, 0.25) is 0 Å². The zero-order valence-corrected chi connectivity index (χ0v) is 23.9. The summed E-state index contributed by atoms with van der Waals surface area (Å²) < 4.78 is 33.0. The van der Waals surface area contributed by atoms with Crippen molar-refractivity contribution in [2.24, 2.45) is 0 Å². The summed E-state index contributed by atoms with van der Waals surface area (Å²) in [5.74, 6) is 0.00216. The van der Waals surface area contributed by atoms with E-state index in [1.54, 1.807) is 36.1 Å². The van der Waals surface area contributed by atoms with E-state index in [0.717, 1.165) is 16.3 Å². The van der Waals surface area contributed by atoms with Crippen LogP contribution in [0, 0.1) is 0 Å². The monoisotopic (exact) mass is 581 g/mol.